The van der Waals surface area contributed by atoms with Crippen molar-refractivity contribution in [3.05, 3.63) is 29.5 Å². The van der Waals surface area contributed by atoms with Crippen molar-refractivity contribution in [1.82, 2.24) is 4.90 Å². The van der Waals surface area contributed by atoms with Crippen LogP contribution in [-0.2, 0) is 6.42 Å². The van der Waals surface area contributed by atoms with E-state index < -0.39 is 0 Å². The van der Waals surface area contributed by atoms with Gasteiger partial charge >= 0.3 is 0 Å². The number of allylic oxidation sites excluding steroid dienone is 1. The highest BCUT2D eigenvalue weighted by Crippen LogP contribution is 2.38. The second-order valence-corrected chi connectivity index (χ2v) is 4.44. The number of hydrogen-bond donors (Lipinski definition) is 0. The van der Waals surface area contributed by atoms with Crippen LogP contribution in [0, 0.1) is 11.3 Å². The Morgan fingerprint density at radius 2 is 1.70 bits per heavy atom. The summed E-state index contributed by atoms with van der Waals surface area (Å²) in [5.41, 5.74) is 1.58. The van der Waals surface area contributed by atoms with Gasteiger partial charge in [-0.05, 0) is 17.7 Å². The maximum Gasteiger partial charge on any atom is 0.203 e. The highest BCUT2D eigenvalue weighted by atomic mass is 16.5. The SMILES string of the molecule is COc1cc(C/C(C#N)=C/N(C)C)cc(OC)c1OC. The van der Waals surface area contributed by atoms with Crippen LogP contribution in [0.4, 0.5) is 0 Å². The number of nitriles is 1. The molecule has 5 nitrogen and oxygen atoms in total. The largest absolute Gasteiger partial charge is 0.493 e. The van der Waals surface area contributed by atoms with Gasteiger partial charge in [-0.2, -0.15) is 5.26 Å². The predicted molar refractivity (Wildman–Crippen MR) is 77.2 cm³/mol. The predicted octanol–water partition coefficient (Wildman–Crippen LogP) is 2.22. The van der Waals surface area contributed by atoms with E-state index in [-0.39, 0.29) is 0 Å². The molecule has 1 aromatic rings. The van der Waals surface area contributed by atoms with Crippen molar-refractivity contribution >= 4 is 0 Å². The van der Waals surface area contributed by atoms with Crippen molar-refractivity contribution in [2.24, 2.45) is 0 Å². The zero-order valence-electron chi connectivity index (χ0n) is 12.6. The minimum atomic E-state index is 0.505. The number of benzene rings is 1. The molecule has 5 heteroatoms. The average molecular weight is 276 g/mol. The van der Waals surface area contributed by atoms with Gasteiger partial charge in [0.05, 0.1) is 27.4 Å². The van der Waals surface area contributed by atoms with Crippen molar-refractivity contribution in [1.29, 1.82) is 5.26 Å². The number of nitrogens with zero attached hydrogens (tertiary/aromatic N) is 2. The molecule has 0 fully saturated rings. The van der Waals surface area contributed by atoms with Crippen LogP contribution in [0.3, 0.4) is 0 Å². The van der Waals surface area contributed by atoms with Crippen LogP contribution in [0.1, 0.15) is 5.56 Å². The van der Waals surface area contributed by atoms with E-state index in [0.717, 1.165) is 5.56 Å². The van der Waals surface area contributed by atoms with Crippen molar-refractivity contribution < 1.29 is 14.2 Å². The van der Waals surface area contributed by atoms with E-state index >= 15 is 0 Å². The highest BCUT2D eigenvalue weighted by Gasteiger charge is 2.13. The Kier molecular flexibility index (Phi) is 5.73. The molecular formula is C15H20N2O3. The van der Waals surface area contributed by atoms with Gasteiger partial charge in [-0.25, -0.2) is 0 Å². The zero-order chi connectivity index (χ0) is 15.1. The first-order chi connectivity index (χ1) is 9.55. The van der Waals surface area contributed by atoms with E-state index in [1.807, 2.05) is 31.1 Å². The van der Waals surface area contributed by atoms with Crippen molar-refractivity contribution in [3.63, 3.8) is 0 Å². The molecule has 0 aliphatic rings. The van der Waals surface area contributed by atoms with Gasteiger partial charge in [-0.3, -0.25) is 0 Å². The Morgan fingerprint density at radius 3 is 2.05 bits per heavy atom. The minimum Gasteiger partial charge on any atom is -0.493 e. The molecule has 0 bridgehead atoms. The summed E-state index contributed by atoms with van der Waals surface area (Å²) in [6.07, 6.45) is 2.30. The molecule has 0 aliphatic heterocycles. The van der Waals surface area contributed by atoms with Crippen LogP contribution in [0.15, 0.2) is 23.9 Å². The van der Waals surface area contributed by atoms with Gasteiger partial charge in [0.2, 0.25) is 5.75 Å². The van der Waals surface area contributed by atoms with Crippen LogP contribution in [0.25, 0.3) is 0 Å². The standard InChI is InChI=1S/C15H20N2O3/c1-17(2)10-12(9-16)6-11-7-13(18-3)15(20-5)14(8-11)19-4/h7-8,10H,6H2,1-5H3/b12-10-. The summed E-state index contributed by atoms with van der Waals surface area (Å²) >= 11 is 0. The van der Waals surface area contributed by atoms with Crippen molar-refractivity contribution in [2.75, 3.05) is 35.4 Å². The molecule has 0 heterocycles. The Hall–Kier alpha value is -2.35. The van der Waals surface area contributed by atoms with Gasteiger partial charge in [0.1, 0.15) is 0 Å². The third-order valence-corrected chi connectivity index (χ3v) is 2.68. The topological polar surface area (TPSA) is 54.7 Å². The van der Waals surface area contributed by atoms with Gasteiger partial charge in [-0.1, -0.05) is 0 Å². The molecular weight excluding hydrogens is 256 g/mol. The molecule has 0 atom stereocenters. The van der Waals surface area contributed by atoms with Gasteiger partial charge in [0, 0.05) is 32.3 Å². The van der Waals surface area contributed by atoms with Gasteiger partial charge in [-0.15, -0.1) is 0 Å². The highest BCUT2D eigenvalue weighted by molar-refractivity contribution is 5.54. The van der Waals surface area contributed by atoms with Crippen LogP contribution in [0.5, 0.6) is 17.2 Å². The lowest BCUT2D eigenvalue weighted by molar-refractivity contribution is 0.324. The lowest BCUT2D eigenvalue weighted by atomic mass is 10.1. The summed E-state index contributed by atoms with van der Waals surface area (Å²) < 4.78 is 15.9. The van der Waals surface area contributed by atoms with Crippen molar-refractivity contribution in [2.45, 2.75) is 6.42 Å². The van der Waals surface area contributed by atoms with E-state index in [1.165, 1.54) is 0 Å². The molecule has 0 N–H and O–H groups in total. The molecule has 0 saturated carbocycles. The van der Waals surface area contributed by atoms with E-state index in [2.05, 4.69) is 6.07 Å². The first-order valence-electron chi connectivity index (χ1n) is 6.11. The second kappa shape index (κ2) is 7.29. The molecule has 0 aromatic heterocycles. The number of methoxy groups -OCH3 is 3. The summed E-state index contributed by atoms with van der Waals surface area (Å²) in [4.78, 5) is 1.84. The molecule has 108 valence electrons. The number of ether oxygens (including phenoxy) is 3. The van der Waals surface area contributed by atoms with E-state index in [9.17, 15) is 0 Å². The molecule has 0 spiro atoms. The Labute approximate surface area is 120 Å². The van der Waals surface area contributed by atoms with E-state index in [4.69, 9.17) is 19.5 Å². The molecule has 0 radical (unpaired) electrons. The lowest BCUT2D eigenvalue weighted by Gasteiger charge is -2.14. The van der Waals surface area contributed by atoms with Crippen LogP contribution >= 0.6 is 0 Å². The van der Waals surface area contributed by atoms with Gasteiger partial charge in [0.25, 0.3) is 0 Å². The molecule has 0 unspecified atom stereocenters. The van der Waals surface area contributed by atoms with Crippen LogP contribution in [0.2, 0.25) is 0 Å². The fourth-order valence-corrected chi connectivity index (χ4v) is 1.88. The molecule has 0 amide bonds. The quantitative estimate of drug-likeness (QED) is 0.746. The Bertz CT molecular complexity index is 505. The molecule has 1 rings (SSSR count). The summed E-state index contributed by atoms with van der Waals surface area (Å²) in [6, 6.07) is 5.89. The summed E-state index contributed by atoms with van der Waals surface area (Å²) in [7, 11) is 8.47. The minimum absolute atomic E-state index is 0.505. The fourth-order valence-electron chi connectivity index (χ4n) is 1.88. The van der Waals surface area contributed by atoms with E-state index in [0.29, 0.717) is 29.2 Å². The zero-order valence-corrected chi connectivity index (χ0v) is 12.6. The summed E-state index contributed by atoms with van der Waals surface area (Å²) in [5, 5.41) is 9.16. The number of hydrogen-bond acceptors (Lipinski definition) is 5. The fraction of sp³-hybridized carbons (Fsp3) is 0.400. The maximum absolute atomic E-state index is 9.16. The lowest BCUT2D eigenvalue weighted by Crippen LogP contribution is -2.04. The summed E-state index contributed by atoms with van der Waals surface area (Å²) in [6.45, 7) is 0. The van der Waals surface area contributed by atoms with Gasteiger partial charge < -0.3 is 19.1 Å². The smallest absolute Gasteiger partial charge is 0.203 e. The monoisotopic (exact) mass is 276 g/mol. The Balaban J connectivity index is 3.17. The summed E-state index contributed by atoms with van der Waals surface area (Å²) in [5.74, 6) is 1.72. The number of rotatable bonds is 6. The van der Waals surface area contributed by atoms with Crippen molar-refractivity contribution in [3.8, 4) is 23.3 Å². The first-order valence-corrected chi connectivity index (χ1v) is 6.11. The molecule has 0 saturated heterocycles. The second-order valence-electron chi connectivity index (χ2n) is 4.44. The normalized spacial score (nSPS) is 10.7. The molecule has 0 aliphatic carbocycles. The van der Waals surface area contributed by atoms with Crippen LogP contribution < -0.4 is 14.2 Å². The Morgan fingerprint density at radius 1 is 1.15 bits per heavy atom. The molecule has 1 aromatic carbocycles. The van der Waals surface area contributed by atoms with E-state index in [1.54, 1.807) is 27.5 Å². The van der Waals surface area contributed by atoms with Crippen LogP contribution in [-0.4, -0.2) is 40.3 Å². The average Bonchev–Trinajstić information content (AvgIpc) is 2.44. The third-order valence-electron chi connectivity index (χ3n) is 2.68. The maximum atomic E-state index is 9.16. The van der Waals surface area contributed by atoms with Gasteiger partial charge in [0.15, 0.2) is 11.5 Å². The molecule has 20 heavy (non-hydrogen) atoms. The first kappa shape index (κ1) is 15.7. The third kappa shape index (κ3) is 3.82.